The molecule has 1 saturated carbocycles. The Morgan fingerprint density at radius 1 is 1.14 bits per heavy atom. The number of nitrogens with two attached hydrogens (primary N) is 1. The van der Waals surface area contributed by atoms with Crippen molar-refractivity contribution in [1.29, 1.82) is 0 Å². The minimum Gasteiger partial charge on any atom is -0.322 e. The van der Waals surface area contributed by atoms with Crippen LogP contribution >= 0.6 is 0 Å². The van der Waals surface area contributed by atoms with Gasteiger partial charge in [0.1, 0.15) is 11.5 Å². The number of hydrogen-bond donors (Lipinski definition) is 1. The summed E-state index contributed by atoms with van der Waals surface area (Å²) in [6.07, 6.45) is 5.61. The molecule has 3 rings (SSSR count). The first kappa shape index (κ1) is 15.0. The van der Waals surface area contributed by atoms with E-state index in [1.807, 2.05) is 11.5 Å². The molecule has 2 N–H and O–H groups in total. The van der Waals surface area contributed by atoms with E-state index in [2.05, 4.69) is 4.98 Å². The molecule has 1 fully saturated rings. The second-order valence-corrected chi connectivity index (χ2v) is 6.30. The summed E-state index contributed by atoms with van der Waals surface area (Å²) in [6, 6.07) is -0.0217. The summed E-state index contributed by atoms with van der Waals surface area (Å²) in [4.78, 5) is 29.2. The van der Waals surface area contributed by atoms with E-state index in [9.17, 15) is 9.59 Å². The van der Waals surface area contributed by atoms with Crippen molar-refractivity contribution in [3.8, 4) is 0 Å². The first-order chi connectivity index (χ1) is 10.4. The molecule has 7 heteroatoms. The molecule has 2 aromatic rings. The molecule has 1 aliphatic carbocycles. The first-order valence-corrected chi connectivity index (χ1v) is 7.87. The summed E-state index contributed by atoms with van der Waals surface area (Å²) in [5.74, 6) is 0.695. The Morgan fingerprint density at radius 2 is 1.77 bits per heavy atom. The van der Waals surface area contributed by atoms with Crippen LogP contribution in [0.15, 0.2) is 9.59 Å². The summed E-state index contributed by atoms with van der Waals surface area (Å²) < 4.78 is 4.66. The normalized spacial score (nSPS) is 18.0. The summed E-state index contributed by atoms with van der Waals surface area (Å²) >= 11 is 0. The van der Waals surface area contributed by atoms with Crippen molar-refractivity contribution in [3.63, 3.8) is 0 Å². The maximum absolute atomic E-state index is 12.4. The van der Waals surface area contributed by atoms with E-state index in [1.54, 1.807) is 7.05 Å². The lowest BCUT2D eigenvalue weighted by molar-refractivity contribution is 0.345. The fourth-order valence-corrected chi connectivity index (χ4v) is 3.49. The number of aromatic nitrogens is 4. The van der Waals surface area contributed by atoms with Crippen LogP contribution in [-0.2, 0) is 14.1 Å². The summed E-state index contributed by atoms with van der Waals surface area (Å²) in [7, 11) is 3.17. The molecule has 0 radical (unpaired) electrons. The van der Waals surface area contributed by atoms with E-state index >= 15 is 0 Å². The largest absolute Gasteiger partial charge is 0.332 e. The Kier molecular flexibility index (Phi) is 3.68. The molecule has 0 spiro atoms. The van der Waals surface area contributed by atoms with Crippen molar-refractivity contribution < 1.29 is 0 Å². The van der Waals surface area contributed by atoms with Gasteiger partial charge in [0.15, 0.2) is 5.52 Å². The molecule has 0 amide bonds. The van der Waals surface area contributed by atoms with E-state index in [0.29, 0.717) is 17.0 Å². The van der Waals surface area contributed by atoms with Gasteiger partial charge in [0.2, 0.25) is 0 Å². The van der Waals surface area contributed by atoms with Crippen molar-refractivity contribution in [2.24, 2.45) is 19.8 Å². The Balaban J connectivity index is 2.39. The second kappa shape index (κ2) is 5.39. The van der Waals surface area contributed by atoms with Crippen LogP contribution in [0.1, 0.15) is 56.9 Å². The van der Waals surface area contributed by atoms with Crippen molar-refractivity contribution in [1.82, 2.24) is 18.7 Å². The molecular weight excluding hydrogens is 282 g/mol. The van der Waals surface area contributed by atoms with Crippen LogP contribution in [0, 0.1) is 0 Å². The minimum atomic E-state index is -0.352. The summed E-state index contributed by atoms with van der Waals surface area (Å²) in [5, 5.41) is 0. The summed E-state index contributed by atoms with van der Waals surface area (Å²) in [5.41, 5.74) is 6.34. The van der Waals surface area contributed by atoms with Crippen molar-refractivity contribution in [3.05, 3.63) is 26.7 Å². The average molecular weight is 305 g/mol. The molecule has 0 saturated heterocycles. The molecule has 7 nitrogen and oxygen atoms in total. The third-order valence-corrected chi connectivity index (χ3v) is 4.66. The van der Waals surface area contributed by atoms with Gasteiger partial charge >= 0.3 is 5.69 Å². The molecule has 0 bridgehead atoms. The Bertz CT molecular complexity index is 821. The number of aryl methyl sites for hydroxylation is 1. The maximum Gasteiger partial charge on any atom is 0.332 e. The highest BCUT2D eigenvalue weighted by atomic mass is 16.2. The number of hydrogen-bond acceptors (Lipinski definition) is 4. The number of nitrogens with zero attached hydrogens (tertiary/aromatic N) is 4. The Labute approximate surface area is 128 Å². The van der Waals surface area contributed by atoms with Gasteiger partial charge in [-0.1, -0.05) is 19.3 Å². The molecule has 1 unspecified atom stereocenters. The molecule has 0 aliphatic heterocycles. The zero-order valence-electron chi connectivity index (χ0n) is 13.4. The van der Waals surface area contributed by atoms with Crippen molar-refractivity contribution in [2.45, 2.75) is 51.1 Å². The third-order valence-electron chi connectivity index (χ3n) is 4.66. The standard InChI is InChI=1S/C15H23N5O2/c1-9(16)12-17-11-13(18(2)15(22)19(3)14(11)21)20(12)10-7-5-4-6-8-10/h9-10H,4-8,16H2,1-3H3. The van der Waals surface area contributed by atoms with Gasteiger partial charge < -0.3 is 10.3 Å². The van der Waals surface area contributed by atoms with E-state index in [1.165, 1.54) is 18.0 Å². The van der Waals surface area contributed by atoms with Crippen LogP contribution in [0.5, 0.6) is 0 Å². The molecule has 2 aromatic heterocycles. The molecule has 2 heterocycles. The van der Waals surface area contributed by atoms with Gasteiger partial charge in [0.05, 0.1) is 6.04 Å². The van der Waals surface area contributed by atoms with E-state index < -0.39 is 0 Å². The smallest absolute Gasteiger partial charge is 0.322 e. The fraction of sp³-hybridized carbons (Fsp3) is 0.667. The van der Waals surface area contributed by atoms with Gasteiger partial charge in [-0.15, -0.1) is 0 Å². The van der Waals surface area contributed by atoms with Crippen molar-refractivity contribution >= 4 is 11.2 Å². The van der Waals surface area contributed by atoms with Crippen LogP contribution < -0.4 is 17.0 Å². The van der Waals surface area contributed by atoms with E-state index in [0.717, 1.165) is 30.3 Å². The predicted octanol–water partition coefficient (Wildman–Crippen LogP) is 0.959. The van der Waals surface area contributed by atoms with Crippen LogP contribution in [-0.4, -0.2) is 18.7 Å². The average Bonchev–Trinajstić information content (AvgIpc) is 2.92. The lowest BCUT2D eigenvalue weighted by atomic mass is 9.95. The fourth-order valence-electron chi connectivity index (χ4n) is 3.49. The quantitative estimate of drug-likeness (QED) is 0.895. The zero-order valence-corrected chi connectivity index (χ0v) is 13.4. The first-order valence-electron chi connectivity index (χ1n) is 7.87. The van der Waals surface area contributed by atoms with Gasteiger partial charge in [-0.2, -0.15) is 0 Å². The Hall–Kier alpha value is -1.89. The van der Waals surface area contributed by atoms with Gasteiger partial charge in [-0.3, -0.25) is 13.9 Å². The van der Waals surface area contributed by atoms with Crippen LogP contribution in [0.25, 0.3) is 11.2 Å². The monoisotopic (exact) mass is 305 g/mol. The highest BCUT2D eigenvalue weighted by Gasteiger charge is 2.26. The predicted molar refractivity (Wildman–Crippen MR) is 84.9 cm³/mol. The lowest BCUT2D eigenvalue weighted by Crippen LogP contribution is -2.37. The van der Waals surface area contributed by atoms with Crippen molar-refractivity contribution in [2.75, 3.05) is 0 Å². The van der Waals surface area contributed by atoms with Gasteiger partial charge in [-0.25, -0.2) is 9.78 Å². The molecule has 1 aliphatic rings. The molecule has 120 valence electrons. The Morgan fingerprint density at radius 3 is 2.36 bits per heavy atom. The second-order valence-electron chi connectivity index (χ2n) is 6.30. The van der Waals surface area contributed by atoms with E-state index in [4.69, 9.17) is 5.73 Å². The third kappa shape index (κ3) is 2.11. The molecule has 22 heavy (non-hydrogen) atoms. The van der Waals surface area contributed by atoms with Crippen LogP contribution in [0.4, 0.5) is 0 Å². The van der Waals surface area contributed by atoms with E-state index in [-0.39, 0.29) is 23.3 Å². The minimum absolute atomic E-state index is 0.262. The summed E-state index contributed by atoms with van der Waals surface area (Å²) in [6.45, 7) is 1.86. The number of rotatable bonds is 2. The number of fused-ring (bicyclic) bond motifs is 1. The lowest BCUT2D eigenvalue weighted by Gasteiger charge is -2.26. The highest BCUT2D eigenvalue weighted by Crippen LogP contribution is 2.32. The van der Waals surface area contributed by atoms with Gasteiger partial charge in [0.25, 0.3) is 5.56 Å². The topological polar surface area (TPSA) is 87.8 Å². The SMILES string of the molecule is CC(N)c1nc2c(=O)n(C)c(=O)n(C)c2n1C1CCCCC1. The molecule has 1 atom stereocenters. The van der Waals surface area contributed by atoms with Crippen LogP contribution in [0.2, 0.25) is 0 Å². The van der Waals surface area contributed by atoms with Gasteiger partial charge in [0, 0.05) is 20.1 Å². The highest BCUT2D eigenvalue weighted by molar-refractivity contribution is 5.71. The molecular formula is C15H23N5O2. The van der Waals surface area contributed by atoms with Crippen LogP contribution in [0.3, 0.4) is 0 Å². The van der Waals surface area contributed by atoms with Gasteiger partial charge in [-0.05, 0) is 19.8 Å². The number of imidazole rings is 1. The zero-order chi connectivity index (χ0) is 16.0. The maximum atomic E-state index is 12.4. The molecule has 0 aromatic carbocycles.